The van der Waals surface area contributed by atoms with E-state index in [2.05, 4.69) is 9.97 Å². The zero-order chi connectivity index (χ0) is 25.5. The Balaban J connectivity index is 1.57. The molecule has 2 N–H and O–H groups in total. The van der Waals surface area contributed by atoms with Crippen LogP contribution in [0.1, 0.15) is 29.8 Å². The Hall–Kier alpha value is -3.83. The highest BCUT2D eigenvalue weighted by Gasteiger charge is 2.28. The lowest BCUT2D eigenvalue weighted by atomic mass is 10.1. The molecule has 0 amide bonds. The van der Waals surface area contributed by atoms with Crippen LogP contribution in [0.5, 0.6) is 5.88 Å². The van der Waals surface area contributed by atoms with E-state index in [-0.39, 0.29) is 35.1 Å². The number of fused-ring (bicyclic) bond motifs is 1. The van der Waals surface area contributed by atoms with Crippen LogP contribution in [0.4, 0.5) is 8.78 Å². The summed E-state index contributed by atoms with van der Waals surface area (Å²) in [7, 11) is 0. The van der Waals surface area contributed by atoms with E-state index >= 15 is 0 Å². The molecule has 2 aromatic heterocycles. The Kier molecular flexibility index (Phi) is 6.30. The number of halogens is 3. The van der Waals surface area contributed by atoms with E-state index in [4.69, 9.17) is 16.3 Å². The van der Waals surface area contributed by atoms with Gasteiger partial charge in [-0.2, -0.15) is 0 Å². The van der Waals surface area contributed by atoms with Gasteiger partial charge in [-0.15, -0.1) is 0 Å². The number of aromatic nitrogens is 4. The van der Waals surface area contributed by atoms with Gasteiger partial charge in [-0.3, -0.25) is 14.2 Å². The number of aromatic amines is 1. The van der Waals surface area contributed by atoms with Crippen LogP contribution in [0, 0.1) is 11.6 Å². The number of benzene rings is 2. The van der Waals surface area contributed by atoms with E-state index in [0.717, 1.165) is 10.6 Å². The number of carbonyl (C=O) groups is 1. The molecule has 9 nitrogen and oxygen atoms in total. The summed E-state index contributed by atoms with van der Waals surface area (Å²) in [6.45, 7) is 2.27. The highest BCUT2D eigenvalue weighted by molar-refractivity contribution is 6.31. The van der Waals surface area contributed by atoms with Crippen molar-refractivity contribution in [1.29, 1.82) is 0 Å². The second-order valence-electron chi connectivity index (χ2n) is 8.30. The van der Waals surface area contributed by atoms with Gasteiger partial charge >= 0.3 is 5.69 Å². The first-order valence-corrected chi connectivity index (χ1v) is 10.7. The highest BCUT2D eigenvalue weighted by atomic mass is 35.5. The average Bonchev–Trinajstić information content (AvgIpc) is 3.11. The lowest BCUT2D eigenvalue weighted by Crippen LogP contribution is -2.40. The van der Waals surface area contributed by atoms with Crippen LogP contribution in [0.3, 0.4) is 0 Å². The van der Waals surface area contributed by atoms with E-state index in [1.54, 1.807) is 12.1 Å². The van der Waals surface area contributed by atoms with Gasteiger partial charge in [-0.1, -0.05) is 17.7 Å². The Morgan fingerprint density at radius 2 is 1.94 bits per heavy atom. The Bertz CT molecular complexity index is 1570. The molecular formula is C23H19ClF2N4O5. The Morgan fingerprint density at radius 1 is 1.20 bits per heavy atom. The van der Waals surface area contributed by atoms with Crippen LogP contribution in [-0.4, -0.2) is 35.7 Å². The molecule has 2 aromatic carbocycles. The maximum absolute atomic E-state index is 13.8. The predicted octanol–water partition coefficient (Wildman–Crippen LogP) is 2.86. The van der Waals surface area contributed by atoms with E-state index in [1.165, 1.54) is 36.9 Å². The predicted molar refractivity (Wildman–Crippen MR) is 123 cm³/mol. The van der Waals surface area contributed by atoms with Crippen molar-refractivity contribution in [2.45, 2.75) is 32.6 Å². The number of nitrogens with one attached hydrogen (secondary N) is 1. The minimum absolute atomic E-state index is 0.0288. The van der Waals surface area contributed by atoms with Gasteiger partial charge in [0.25, 0.3) is 11.5 Å². The molecule has 0 spiro atoms. The standard InChI is InChI=1S/C23H19ClF2N4O5/c1-23(2,34)21(32)30-17-6-3-12(7-16(17)28-22(30)33)9-29-11-27-19(18(24)20(29)31)35-10-13-4-5-14(25)8-15(13)26/h3-8,11,34H,9-10H2,1-2H3,(H,28,33). The number of rotatable bonds is 6. The SMILES string of the molecule is CC(C)(O)C(=O)n1c(=O)[nH]c2cc(Cn3cnc(OCc4ccc(F)cc4F)c(Cl)c3=O)ccc21. The smallest absolute Gasteiger partial charge is 0.333 e. The number of imidazole rings is 1. The third kappa shape index (κ3) is 4.86. The molecule has 0 aliphatic rings. The topological polar surface area (TPSA) is 119 Å². The fraction of sp³-hybridized carbons (Fsp3) is 0.217. The van der Waals surface area contributed by atoms with Gasteiger partial charge in [0.05, 0.1) is 17.6 Å². The van der Waals surface area contributed by atoms with E-state index < -0.39 is 34.4 Å². The van der Waals surface area contributed by atoms with Gasteiger partial charge in [-0.25, -0.2) is 23.1 Å². The first-order chi connectivity index (χ1) is 16.5. The molecule has 182 valence electrons. The van der Waals surface area contributed by atoms with Crippen LogP contribution in [0.15, 0.2) is 52.3 Å². The number of aliphatic hydroxyl groups is 1. The third-order valence-electron chi connectivity index (χ3n) is 5.16. The van der Waals surface area contributed by atoms with Crippen molar-refractivity contribution in [2.24, 2.45) is 0 Å². The summed E-state index contributed by atoms with van der Waals surface area (Å²) < 4.78 is 34.2. The molecule has 12 heteroatoms. The summed E-state index contributed by atoms with van der Waals surface area (Å²) in [6, 6.07) is 7.70. The lowest BCUT2D eigenvalue weighted by molar-refractivity contribution is 0.0393. The number of nitrogens with zero attached hydrogens (tertiary/aromatic N) is 3. The maximum atomic E-state index is 13.8. The lowest BCUT2D eigenvalue weighted by Gasteiger charge is -2.15. The first kappa shape index (κ1) is 24.3. The molecule has 0 saturated heterocycles. The minimum Gasteiger partial charge on any atom is -0.471 e. The summed E-state index contributed by atoms with van der Waals surface area (Å²) >= 11 is 6.11. The van der Waals surface area contributed by atoms with E-state index in [0.29, 0.717) is 17.1 Å². The fourth-order valence-electron chi connectivity index (χ4n) is 3.38. The van der Waals surface area contributed by atoms with Gasteiger partial charge in [0.2, 0.25) is 5.88 Å². The summed E-state index contributed by atoms with van der Waals surface area (Å²) in [5.41, 5.74) is -1.83. The molecular weight excluding hydrogens is 486 g/mol. The zero-order valence-corrected chi connectivity index (χ0v) is 19.3. The van der Waals surface area contributed by atoms with Gasteiger partial charge in [-0.05, 0) is 43.7 Å². The number of ether oxygens (including phenoxy) is 1. The molecule has 0 aliphatic carbocycles. The average molecular weight is 505 g/mol. The van der Waals surface area contributed by atoms with Gasteiger partial charge in [0.15, 0.2) is 5.02 Å². The van der Waals surface area contributed by atoms with E-state index in [9.17, 15) is 28.3 Å². The highest BCUT2D eigenvalue weighted by Crippen LogP contribution is 2.20. The summed E-state index contributed by atoms with van der Waals surface area (Å²) in [4.78, 5) is 43.9. The molecule has 0 aliphatic heterocycles. The zero-order valence-electron chi connectivity index (χ0n) is 18.5. The summed E-state index contributed by atoms with van der Waals surface area (Å²) in [5.74, 6) is -2.53. The minimum atomic E-state index is -1.75. The number of H-pyrrole nitrogens is 1. The molecule has 35 heavy (non-hydrogen) atoms. The van der Waals surface area contributed by atoms with Crippen LogP contribution < -0.4 is 16.0 Å². The monoisotopic (exact) mass is 504 g/mol. The van der Waals surface area contributed by atoms with Crippen molar-refractivity contribution in [3.05, 3.63) is 91.3 Å². The van der Waals surface area contributed by atoms with Crippen molar-refractivity contribution in [3.8, 4) is 5.88 Å². The number of carbonyl (C=O) groups excluding carboxylic acids is 1. The van der Waals surface area contributed by atoms with Crippen molar-refractivity contribution < 1.29 is 23.4 Å². The summed E-state index contributed by atoms with van der Waals surface area (Å²) in [5, 5.41) is 9.65. The van der Waals surface area contributed by atoms with Crippen molar-refractivity contribution in [3.63, 3.8) is 0 Å². The molecule has 0 saturated carbocycles. The Morgan fingerprint density at radius 3 is 2.63 bits per heavy atom. The van der Waals surface area contributed by atoms with Crippen molar-refractivity contribution in [2.75, 3.05) is 0 Å². The molecule has 0 radical (unpaired) electrons. The van der Waals surface area contributed by atoms with Gasteiger partial charge in [0.1, 0.15) is 30.2 Å². The maximum Gasteiger partial charge on any atom is 0.333 e. The molecule has 4 rings (SSSR count). The molecule has 2 heterocycles. The quantitative estimate of drug-likeness (QED) is 0.417. The normalized spacial score (nSPS) is 11.7. The van der Waals surface area contributed by atoms with Crippen LogP contribution >= 0.6 is 11.6 Å². The van der Waals surface area contributed by atoms with Gasteiger partial charge in [0, 0.05) is 11.6 Å². The second-order valence-corrected chi connectivity index (χ2v) is 8.68. The molecule has 0 bridgehead atoms. The largest absolute Gasteiger partial charge is 0.471 e. The second kappa shape index (κ2) is 9.08. The molecule has 0 fully saturated rings. The molecule has 0 atom stereocenters. The fourth-order valence-corrected chi connectivity index (χ4v) is 3.59. The van der Waals surface area contributed by atoms with E-state index in [1.807, 2.05) is 0 Å². The number of hydrogen-bond donors (Lipinski definition) is 2. The Labute approximate surface area is 201 Å². The van der Waals surface area contributed by atoms with Crippen LogP contribution in [0.2, 0.25) is 5.02 Å². The summed E-state index contributed by atoms with van der Waals surface area (Å²) in [6.07, 6.45) is 1.19. The van der Waals surface area contributed by atoms with Crippen molar-refractivity contribution in [1.82, 2.24) is 19.1 Å². The van der Waals surface area contributed by atoms with Crippen molar-refractivity contribution >= 4 is 28.5 Å². The molecule has 0 unspecified atom stereocenters. The van der Waals surface area contributed by atoms with Crippen LogP contribution in [-0.2, 0) is 13.2 Å². The molecule has 4 aromatic rings. The van der Waals surface area contributed by atoms with Crippen LogP contribution in [0.25, 0.3) is 11.0 Å². The number of hydrogen-bond acceptors (Lipinski definition) is 6. The van der Waals surface area contributed by atoms with Gasteiger partial charge < -0.3 is 14.8 Å². The first-order valence-electron chi connectivity index (χ1n) is 10.3. The third-order valence-corrected chi connectivity index (χ3v) is 5.48.